The first kappa shape index (κ1) is 15.2. The molecule has 0 saturated carbocycles. The molecule has 21 heavy (non-hydrogen) atoms. The van der Waals surface area contributed by atoms with Crippen molar-refractivity contribution in [2.75, 3.05) is 13.2 Å². The number of aromatic carboxylic acids is 1. The van der Waals surface area contributed by atoms with Gasteiger partial charge in [0.05, 0.1) is 22.7 Å². The Morgan fingerprint density at radius 2 is 2.29 bits per heavy atom. The van der Waals surface area contributed by atoms with Crippen molar-refractivity contribution in [2.24, 2.45) is 0 Å². The second-order valence-corrected chi connectivity index (χ2v) is 4.66. The summed E-state index contributed by atoms with van der Waals surface area (Å²) < 4.78 is 24.2. The Balaban J connectivity index is 2.20. The Bertz CT molecular complexity index is 556. The maximum absolute atomic E-state index is 13.5. The fraction of sp³-hybridized carbons (Fsp3) is 0.462. The molecule has 0 spiro atoms. The predicted molar refractivity (Wildman–Crippen MR) is 69.1 cm³/mol. The molecule has 0 bridgehead atoms. The summed E-state index contributed by atoms with van der Waals surface area (Å²) >= 11 is 0. The van der Waals surface area contributed by atoms with Gasteiger partial charge in [0.1, 0.15) is 12.4 Å². The van der Waals surface area contributed by atoms with E-state index < -0.39 is 28.0 Å². The second-order valence-electron chi connectivity index (χ2n) is 4.66. The molecule has 0 aromatic heterocycles. The minimum absolute atomic E-state index is 0.0610. The highest BCUT2D eigenvalue weighted by molar-refractivity contribution is 5.89. The molecule has 1 heterocycles. The van der Waals surface area contributed by atoms with Gasteiger partial charge in [-0.2, -0.15) is 0 Å². The fourth-order valence-corrected chi connectivity index (χ4v) is 2.09. The highest BCUT2D eigenvalue weighted by Crippen LogP contribution is 2.30. The zero-order chi connectivity index (χ0) is 15.4. The third-order valence-corrected chi connectivity index (χ3v) is 3.17. The smallest absolute Gasteiger partial charge is 0.338 e. The molecule has 0 aliphatic carbocycles. The maximum Gasteiger partial charge on any atom is 0.338 e. The van der Waals surface area contributed by atoms with Crippen LogP contribution in [0.5, 0.6) is 5.75 Å². The van der Waals surface area contributed by atoms with Crippen molar-refractivity contribution in [3.05, 3.63) is 33.6 Å². The first-order valence-corrected chi connectivity index (χ1v) is 6.44. The normalized spacial score (nSPS) is 18.2. The summed E-state index contributed by atoms with van der Waals surface area (Å²) in [6.45, 7) is 0.658. The molecular formula is C13H14FNO6. The number of benzene rings is 1. The number of carbonyl (C=O) groups is 1. The summed E-state index contributed by atoms with van der Waals surface area (Å²) in [5.74, 6) is -2.95. The van der Waals surface area contributed by atoms with E-state index in [1.807, 2.05) is 0 Å². The number of ether oxygens (including phenoxy) is 2. The first-order valence-electron chi connectivity index (χ1n) is 6.44. The van der Waals surface area contributed by atoms with Crippen LogP contribution in [0.1, 0.15) is 29.6 Å². The summed E-state index contributed by atoms with van der Waals surface area (Å²) in [4.78, 5) is 20.9. The molecule has 114 valence electrons. The Hall–Kier alpha value is -2.22. The number of hydrogen-bond donors (Lipinski definition) is 1. The number of rotatable bonds is 5. The molecule has 1 aliphatic heterocycles. The van der Waals surface area contributed by atoms with Crippen LogP contribution < -0.4 is 4.74 Å². The molecule has 2 rings (SSSR count). The summed E-state index contributed by atoms with van der Waals surface area (Å²) in [6.07, 6.45) is 2.49. The molecular weight excluding hydrogens is 285 g/mol. The SMILES string of the molecule is O=C(O)c1cc(OCC2CCCCO2)c([N+](=O)[O-])cc1F. The van der Waals surface area contributed by atoms with Crippen LogP contribution in [0.4, 0.5) is 10.1 Å². The van der Waals surface area contributed by atoms with E-state index in [0.29, 0.717) is 12.7 Å². The van der Waals surface area contributed by atoms with E-state index >= 15 is 0 Å². The lowest BCUT2D eigenvalue weighted by atomic mass is 10.1. The fourth-order valence-electron chi connectivity index (χ4n) is 2.09. The van der Waals surface area contributed by atoms with Crippen molar-refractivity contribution in [2.45, 2.75) is 25.4 Å². The average Bonchev–Trinajstić information content (AvgIpc) is 2.46. The summed E-state index contributed by atoms with van der Waals surface area (Å²) in [5, 5.41) is 19.7. The number of nitro groups is 1. The van der Waals surface area contributed by atoms with Gasteiger partial charge < -0.3 is 14.6 Å². The zero-order valence-corrected chi connectivity index (χ0v) is 11.1. The minimum atomic E-state index is -1.51. The van der Waals surface area contributed by atoms with Crippen molar-refractivity contribution in [1.29, 1.82) is 0 Å². The van der Waals surface area contributed by atoms with E-state index in [4.69, 9.17) is 14.6 Å². The molecule has 1 saturated heterocycles. The quantitative estimate of drug-likeness (QED) is 0.662. The predicted octanol–water partition coefficient (Wildman–Crippen LogP) is 2.38. The second kappa shape index (κ2) is 6.49. The van der Waals surface area contributed by atoms with Gasteiger partial charge in [-0.1, -0.05) is 0 Å². The van der Waals surface area contributed by atoms with E-state index in [0.717, 1.165) is 25.3 Å². The van der Waals surface area contributed by atoms with Crippen LogP contribution >= 0.6 is 0 Å². The van der Waals surface area contributed by atoms with Crippen LogP contribution in [-0.4, -0.2) is 35.3 Å². The number of hydrogen-bond acceptors (Lipinski definition) is 5. The van der Waals surface area contributed by atoms with Crippen LogP contribution in [0.2, 0.25) is 0 Å². The van der Waals surface area contributed by atoms with Gasteiger partial charge in [0.25, 0.3) is 0 Å². The molecule has 1 N–H and O–H groups in total. The largest absolute Gasteiger partial charge is 0.484 e. The van der Waals surface area contributed by atoms with Gasteiger partial charge in [-0.05, 0) is 19.3 Å². The Labute approximate surface area is 119 Å². The molecule has 1 aliphatic rings. The van der Waals surface area contributed by atoms with Gasteiger partial charge in [0, 0.05) is 12.7 Å². The van der Waals surface area contributed by atoms with Crippen LogP contribution in [-0.2, 0) is 4.74 Å². The van der Waals surface area contributed by atoms with Crippen molar-refractivity contribution in [3.8, 4) is 5.75 Å². The lowest BCUT2D eigenvalue weighted by molar-refractivity contribution is -0.386. The Morgan fingerprint density at radius 1 is 1.52 bits per heavy atom. The lowest BCUT2D eigenvalue weighted by Gasteiger charge is -2.22. The first-order chi connectivity index (χ1) is 9.99. The molecule has 8 heteroatoms. The van der Waals surface area contributed by atoms with Gasteiger partial charge >= 0.3 is 11.7 Å². The van der Waals surface area contributed by atoms with Crippen LogP contribution in [0.3, 0.4) is 0 Å². The van der Waals surface area contributed by atoms with Crippen molar-refractivity contribution < 1.29 is 28.7 Å². The van der Waals surface area contributed by atoms with Gasteiger partial charge in [-0.3, -0.25) is 10.1 Å². The number of nitrogens with zero attached hydrogens (tertiary/aromatic N) is 1. The number of carboxylic acid groups (broad SMARTS) is 1. The Morgan fingerprint density at radius 3 is 2.86 bits per heavy atom. The summed E-state index contributed by atoms with van der Waals surface area (Å²) in [7, 11) is 0. The molecule has 1 unspecified atom stereocenters. The van der Waals surface area contributed by atoms with Crippen molar-refractivity contribution >= 4 is 11.7 Å². The lowest BCUT2D eigenvalue weighted by Crippen LogP contribution is -2.26. The van der Waals surface area contributed by atoms with Gasteiger partial charge in [-0.25, -0.2) is 9.18 Å². The molecule has 1 fully saturated rings. The van der Waals surface area contributed by atoms with Crippen molar-refractivity contribution in [3.63, 3.8) is 0 Å². The maximum atomic E-state index is 13.5. The molecule has 1 aromatic rings. The molecule has 1 aromatic carbocycles. The van der Waals surface area contributed by atoms with Gasteiger partial charge in [-0.15, -0.1) is 0 Å². The van der Waals surface area contributed by atoms with E-state index in [2.05, 4.69) is 0 Å². The highest BCUT2D eigenvalue weighted by atomic mass is 19.1. The van der Waals surface area contributed by atoms with E-state index in [1.165, 1.54) is 0 Å². The summed E-state index contributed by atoms with van der Waals surface area (Å²) in [6, 6.07) is 1.39. The minimum Gasteiger partial charge on any atom is -0.484 e. The van der Waals surface area contributed by atoms with E-state index in [-0.39, 0.29) is 18.5 Å². The monoisotopic (exact) mass is 299 g/mol. The third-order valence-electron chi connectivity index (χ3n) is 3.17. The number of nitro benzene ring substituents is 1. The molecule has 7 nitrogen and oxygen atoms in total. The standard InChI is InChI=1S/C13H14FNO6/c14-10-6-11(15(18)19)12(5-9(10)13(16)17)21-7-8-3-1-2-4-20-8/h5-6,8H,1-4,7H2,(H,16,17). The van der Waals surface area contributed by atoms with Crippen molar-refractivity contribution in [1.82, 2.24) is 0 Å². The Kier molecular flexibility index (Phi) is 4.69. The summed E-state index contributed by atoms with van der Waals surface area (Å²) in [5.41, 5.74) is -1.27. The topological polar surface area (TPSA) is 98.9 Å². The van der Waals surface area contributed by atoms with Gasteiger partial charge in [0.15, 0.2) is 5.75 Å². The van der Waals surface area contributed by atoms with Crippen LogP contribution in [0.15, 0.2) is 12.1 Å². The zero-order valence-electron chi connectivity index (χ0n) is 11.1. The van der Waals surface area contributed by atoms with Crippen LogP contribution in [0, 0.1) is 15.9 Å². The third kappa shape index (κ3) is 3.66. The van der Waals surface area contributed by atoms with E-state index in [9.17, 15) is 19.3 Å². The number of halogens is 1. The van der Waals surface area contributed by atoms with Gasteiger partial charge in [0.2, 0.25) is 0 Å². The highest BCUT2D eigenvalue weighted by Gasteiger charge is 2.24. The molecule has 1 atom stereocenters. The average molecular weight is 299 g/mol. The molecule has 0 radical (unpaired) electrons. The molecule has 0 amide bonds. The van der Waals surface area contributed by atoms with Crippen LogP contribution in [0.25, 0.3) is 0 Å². The van der Waals surface area contributed by atoms with E-state index in [1.54, 1.807) is 0 Å². The number of carboxylic acids is 1.